The van der Waals surface area contributed by atoms with Crippen LogP contribution in [0.1, 0.15) is 46.0 Å². The summed E-state index contributed by atoms with van der Waals surface area (Å²) in [4.78, 5) is 15.4. The van der Waals surface area contributed by atoms with Crippen molar-refractivity contribution in [2.75, 3.05) is 32.8 Å². The molecule has 1 aliphatic heterocycles. The zero-order valence-electron chi connectivity index (χ0n) is 16.4. The zero-order chi connectivity index (χ0) is 19.3. The molecule has 6 heteroatoms. The molecule has 1 saturated carbocycles. The molecule has 0 unspecified atom stereocenters. The first-order valence-electron chi connectivity index (χ1n) is 9.97. The van der Waals surface area contributed by atoms with Gasteiger partial charge >= 0.3 is 0 Å². The van der Waals surface area contributed by atoms with Crippen LogP contribution < -0.4 is 10.1 Å². The molecule has 27 heavy (non-hydrogen) atoms. The van der Waals surface area contributed by atoms with Crippen LogP contribution in [0, 0.1) is 0 Å². The number of amides is 1. The number of carbonyl (C=O) groups is 1. The van der Waals surface area contributed by atoms with Crippen molar-refractivity contribution in [3.8, 4) is 5.75 Å². The molecule has 0 spiro atoms. The van der Waals surface area contributed by atoms with Gasteiger partial charge in [0.1, 0.15) is 5.75 Å². The Hall–Kier alpha value is -1.30. The van der Waals surface area contributed by atoms with E-state index in [4.69, 9.17) is 21.1 Å². The summed E-state index contributed by atoms with van der Waals surface area (Å²) in [5.41, 5.74) is -0.900. The number of morpholine rings is 1. The Morgan fingerprint density at radius 3 is 2.44 bits per heavy atom. The average Bonchev–Trinajstić information content (AvgIpc) is 2.69. The molecule has 0 atom stereocenters. The van der Waals surface area contributed by atoms with Crippen LogP contribution >= 0.6 is 11.6 Å². The Balaban J connectivity index is 1.63. The standard InChI is InChI=1S/C21H31ClN2O3/c1-20(2,27-18-8-6-17(22)7-9-18)19(25)23-16-21(10-4-3-5-11-21)24-12-14-26-15-13-24/h6-9H,3-5,10-16H2,1-2H3,(H,23,25). The van der Waals surface area contributed by atoms with Crippen LogP contribution in [0.25, 0.3) is 0 Å². The van der Waals surface area contributed by atoms with Crippen molar-refractivity contribution in [1.29, 1.82) is 0 Å². The summed E-state index contributed by atoms with van der Waals surface area (Å²) >= 11 is 5.92. The van der Waals surface area contributed by atoms with E-state index in [-0.39, 0.29) is 11.4 Å². The number of hydrogen-bond acceptors (Lipinski definition) is 4. The van der Waals surface area contributed by atoms with E-state index < -0.39 is 5.60 Å². The van der Waals surface area contributed by atoms with Crippen molar-refractivity contribution < 1.29 is 14.3 Å². The second kappa shape index (κ2) is 8.80. The third-order valence-corrected chi connectivity index (χ3v) is 6.03. The lowest BCUT2D eigenvalue weighted by atomic mass is 9.79. The molecular formula is C21H31ClN2O3. The fourth-order valence-electron chi connectivity index (χ4n) is 4.15. The van der Waals surface area contributed by atoms with Crippen LogP contribution in [0.3, 0.4) is 0 Å². The van der Waals surface area contributed by atoms with Gasteiger partial charge in [-0.05, 0) is 51.0 Å². The zero-order valence-corrected chi connectivity index (χ0v) is 17.2. The van der Waals surface area contributed by atoms with Crippen LogP contribution in [-0.2, 0) is 9.53 Å². The molecule has 0 radical (unpaired) electrons. The minimum absolute atomic E-state index is 0.0496. The monoisotopic (exact) mass is 394 g/mol. The minimum Gasteiger partial charge on any atom is -0.478 e. The van der Waals surface area contributed by atoms with Gasteiger partial charge in [-0.25, -0.2) is 0 Å². The number of rotatable bonds is 6. The second-order valence-electron chi connectivity index (χ2n) is 8.13. The average molecular weight is 395 g/mol. The highest BCUT2D eigenvalue weighted by Gasteiger charge is 2.40. The van der Waals surface area contributed by atoms with E-state index in [0.29, 0.717) is 17.3 Å². The molecule has 150 valence electrons. The molecule has 1 N–H and O–H groups in total. The normalized spacial score (nSPS) is 20.9. The molecule has 1 aromatic rings. The summed E-state index contributed by atoms with van der Waals surface area (Å²) in [6.07, 6.45) is 5.98. The van der Waals surface area contributed by atoms with Gasteiger partial charge in [-0.15, -0.1) is 0 Å². The molecule has 1 amide bonds. The van der Waals surface area contributed by atoms with Crippen molar-refractivity contribution >= 4 is 17.5 Å². The molecule has 1 heterocycles. The third kappa shape index (κ3) is 5.15. The van der Waals surface area contributed by atoms with Crippen molar-refractivity contribution in [1.82, 2.24) is 10.2 Å². The minimum atomic E-state index is -0.950. The SMILES string of the molecule is CC(C)(Oc1ccc(Cl)cc1)C(=O)NCC1(N2CCOCC2)CCCCC1. The van der Waals surface area contributed by atoms with Gasteiger partial charge in [0.15, 0.2) is 5.60 Å². The number of hydrogen-bond donors (Lipinski definition) is 1. The lowest BCUT2D eigenvalue weighted by Crippen LogP contribution is -2.61. The predicted octanol–water partition coefficient (Wildman–Crippen LogP) is 3.65. The lowest BCUT2D eigenvalue weighted by molar-refractivity contribution is -0.135. The Morgan fingerprint density at radius 2 is 1.81 bits per heavy atom. The van der Waals surface area contributed by atoms with E-state index in [1.54, 1.807) is 38.1 Å². The highest BCUT2D eigenvalue weighted by molar-refractivity contribution is 6.30. The number of nitrogens with zero attached hydrogens (tertiary/aromatic N) is 1. The fourth-order valence-corrected chi connectivity index (χ4v) is 4.28. The molecule has 2 fully saturated rings. The molecule has 3 rings (SSSR count). The van der Waals surface area contributed by atoms with E-state index in [9.17, 15) is 4.79 Å². The quantitative estimate of drug-likeness (QED) is 0.800. The lowest BCUT2D eigenvalue weighted by Gasteiger charge is -2.48. The maximum absolute atomic E-state index is 12.9. The summed E-state index contributed by atoms with van der Waals surface area (Å²) in [7, 11) is 0. The Morgan fingerprint density at radius 1 is 1.19 bits per heavy atom. The molecule has 0 bridgehead atoms. The smallest absolute Gasteiger partial charge is 0.263 e. The number of nitrogens with one attached hydrogen (secondary N) is 1. The molecular weight excluding hydrogens is 364 g/mol. The Kier molecular flexibility index (Phi) is 6.66. The highest BCUT2D eigenvalue weighted by atomic mass is 35.5. The van der Waals surface area contributed by atoms with Gasteiger partial charge in [-0.1, -0.05) is 30.9 Å². The molecule has 1 aromatic carbocycles. The molecule has 5 nitrogen and oxygen atoms in total. The van der Waals surface area contributed by atoms with Crippen LogP contribution in [-0.4, -0.2) is 54.8 Å². The van der Waals surface area contributed by atoms with Gasteiger partial charge in [0.2, 0.25) is 0 Å². The fraction of sp³-hybridized carbons (Fsp3) is 0.667. The third-order valence-electron chi connectivity index (χ3n) is 5.78. The van der Waals surface area contributed by atoms with Crippen LogP contribution in [0.15, 0.2) is 24.3 Å². The number of ether oxygens (including phenoxy) is 2. The van der Waals surface area contributed by atoms with Gasteiger partial charge in [-0.3, -0.25) is 9.69 Å². The maximum atomic E-state index is 12.9. The van der Waals surface area contributed by atoms with E-state index in [0.717, 1.165) is 39.1 Å². The first kappa shape index (κ1) is 20.4. The van der Waals surface area contributed by atoms with Gasteiger partial charge in [0, 0.05) is 30.2 Å². The van der Waals surface area contributed by atoms with E-state index in [1.807, 2.05) is 0 Å². The molecule has 1 aliphatic carbocycles. The second-order valence-corrected chi connectivity index (χ2v) is 8.57. The maximum Gasteiger partial charge on any atom is 0.263 e. The van der Waals surface area contributed by atoms with Gasteiger partial charge in [-0.2, -0.15) is 0 Å². The van der Waals surface area contributed by atoms with Crippen molar-refractivity contribution in [3.63, 3.8) is 0 Å². The highest BCUT2D eigenvalue weighted by Crippen LogP contribution is 2.34. The summed E-state index contributed by atoms with van der Waals surface area (Å²) in [5, 5.41) is 3.84. The van der Waals surface area contributed by atoms with Crippen molar-refractivity contribution in [2.45, 2.75) is 57.1 Å². The summed E-state index contributed by atoms with van der Waals surface area (Å²) in [6.45, 7) is 7.72. The molecule has 1 saturated heterocycles. The Bertz CT molecular complexity index is 621. The van der Waals surface area contributed by atoms with Crippen LogP contribution in [0.5, 0.6) is 5.75 Å². The van der Waals surface area contributed by atoms with Gasteiger partial charge in [0.05, 0.1) is 13.2 Å². The Labute approximate surface area is 167 Å². The predicted molar refractivity (Wildman–Crippen MR) is 107 cm³/mol. The molecule has 2 aliphatic rings. The molecule has 0 aromatic heterocycles. The van der Waals surface area contributed by atoms with Crippen molar-refractivity contribution in [3.05, 3.63) is 29.3 Å². The summed E-state index contributed by atoms with van der Waals surface area (Å²) < 4.78 is 11.5. The number of benzene rings is 1. The topological polar surface area (TPSA) is 50.8 Å². The first-order valence-corrected chi connectivity index (χ1v) is 10.3. The van der Waals surface area contributed by atoms with E-state index >= 15 is 0 Å². The van der Waals surface area contributed by atoms with Crippen LogP contribution in [0.4, 0.5) is 0 Å². The first-order chi connectivity index (χ1) is 12.9. The van der Waals surface area contributed by atoms with Gasteiger partial charge < -0.3 is 14.8 Å². The summed E-state index contributed by atoms with van der Waals surface area (Å²) in [5.74, 6) is 0.552. The van der Waals surface area contributed by atoms with Gasteiger partial charge in [0.25, 0.3) is 5.91 Å². The summed E-state index contributed by atoms with van der Waals surface area (Å²) in [6, 6.07) is 7.10. The van der Waals surface area contributed by atoms with E-state index in [1.165, 1.54) is 19.3 Å². The van der Waals surface area contributed by atoms with Crippen molar-refractivity contribution in [2.24, 2.45) is 0 Å². The number of halogens is 1. The van der Waals surface area contributed by atoms with Crippen LogP contribution in [0.2, 0.25) is 5.02 Å². The largest absolute Gasteiger partial charge is 0.478 e. The van der Waals surface area contributed by atoms with E-state index in [2.05, 4.69) is 10.2 Å². The number of carbonyl (C=O) groups excluding carboxylic acids is 1.